The molecule has 0 saturated heterocycles. The summed E-state index contributed by atoms with van der Waals surface area (Å²) in [4.78, 5) is 23.8. The summed E-state index contributed by atoms with van der Waals surface area (Å²) in [5.41, 5.74) is 2.14. The van der Waals surface area contributed by atoms with Gasteiger partial charge in [-0.2, -0.15) is 0 Å². The van der Waals surface area contributed by atoms with Crippen LogP contribution in [0, 0.1) is 0 Å². The zero-order valence-corrected chi connectivity index (χ0v) is 12.9. The predicted octanol–water partition coefficient (Wildman–Crippen LogP) is 2.00. The summed E-state index contributed by atoms with van der Waals surface area (Å²) < 4.78 is 0. The standard InChI is InChI=1S/C18H16N4O2/c1-3-15(23)19-17-13-9-5-6-10-14(13)21-11-7-8-12-22(21)18(17)20-16(24)4-2/h3-12H,1-2H2,(H,19,23)(H,20,24). The van der Waals surface area contributed by atoms with E-state index in [1.54, 1.807) is 11.2 Å². The Morgan fingerprint density at radius 1 is 0.917 bits per heavy atom. The number of carbonyl (C=O) groups is 2. The highest BCUT2D eigenvalue weighted by molar-refractivity contribution is 5.98. The van der Waals surface area contributed by atoms with Gasteiger partial charge in [0.2, 0.25) is 11.8 Å². The van der Waals surface area contributed by atoms with E-state index < -0.39 is 0 Å². The van der Waals surface area contributed by atoms with E-state index in [0.29, 0.717) is 11.5 Å². The lowest BCUT2D eigenvalue weighted by molar-refractivity contribution is -0.117. The molecule has 0 atom stereocenters. The van der Waals surface area contributed by atoms with Crippen molar-refractivity contribution in [3.63, 3.8) is 0 Å². The molecule has 2 aliphatic heterocycles. The quantitative estimate of drug-likeness (QED) is 0.833. The third-order valence-electron chi connectivity index (χ3n) is 3.54. The molecule has 0 aromatic heterocycles. The monoisotopic (exact) mass is 320 g/mol. The van der Waals surface area contributed by atoms with E-state index in [4.69, 9.17) is 0 Å². The summed E-state index contributed by atoms with van der Waals surface area (Å²) >= 11 is 0. The lowest BCUT2D eigenvalue weighted by atomic mass is 10.1. The van der Waals surface area contributed by atoms with E-state index in [0.717, 1.165) is 11.3 Å². The molecule has 6 heteroatoms. The van der Waals surface area contributed by atoms with E-state index in [1.165, 1.54) is 12.2 Å². The molecule has 2 amide bonds. The van der Waals surface area contributed by atoms with E-state index in [9.17, 15) is 9.59 Å². The summed E-state index contributed by atoms with van der Waals surface area (Å²) in [6, 6.07) is 7.57. The first-order valence-corrected chi connectivity index (χ1v) is 7.29. The molecule has 0 spiro atoms. The molecular formula is C18H16N4O2. The van der Waals surface area contributed by atoms with Crippen LogP contribution in [0.4, 0.5) is 5.69 Å². The molecule has 2 heterocycles. The molecule has 0 saturated carbocycles. The van der Waals surface area contributed by atoms with Crippen molar-refractivity contribution in [2.24, 2.45) is 0 Å². The third kappa shape index (κ3) is 2.61. The van der Waals surface area contributed by atoms with Crippen molar-refractivity contribution in [2.45, 2.75) is 0 Å². The predicted molar refractivity (Wildman–Crippen MR) is 92.6 cm³/mol. The number of amides is 2. The maximum absolute atomic E-state index is 11.9. The number of rotatable bonds is 4. The van der Waals surface area contributed by atoms with Crippen LogP contribution in [0.5, 0.6) is 0 Å². The second kappa shape index (κ2) is 6.29. The molecule has 2 N–H and O–H groups in total. The fourth-order valence-corrected chi connectivity index (χ4v) is 2.50. The van der Waals surface area contributed by atoms with Crippen LogP contribution in [0.1, 0.15) is 5.56 Å². The van der Waals surface area contributed by atoms with E-state index in [-0.39, 0.29) is 11.8 Å². The number of hydrazine groups is 1. The van der Waals surface area contributed by atoms with Gasteiger partial charge in [-0.15, -0.1) is 0 Å². The number of allylic oxidation sites excluding steroid dienone is 2. The van der Waals surface area contributed by atoms with E-state index in [2.05, 4.69) is 23.8 Å². The van der Waals surface area contributed by atoms with Crippen molar-refractivity contribution in [3.8, 4) is 0 Å². The molecule has 1 aromatic rings. The summed E-state index contributed by atoms with van der Waals surface area (Å²) in [6.45, 7) is 6.95. The molecule has 0 unspecified atom stereocenters. The number of para-hydroxylation sites is 1. The van der Waals surface area contributed by atoms with Gasteiger partial charge < -0.3 is 10.6 Å². The number of hydrogen-bond acceptors (Lipinski definition) is 4. The first-order chi connectivity index (χ1) is 11.7. The Hall–Kier alpha value is -3.54. The lowest BCUT2D eigenvalue weighted by Gasteiger charge is -2.41. The second-order valence-corrected chi connectivity index (χ2v) is 5.00. The Balaban J connectivity index is 2.20. The molecular weight excluding hydrogens is 304 g/mol. The van der Waals surface area contributed by atoms with Crippen LogP contribution >= 0.6 is 0 Å². The normalized spacial score (nSPS) is 14.7. The molecule has 1 aromatic carbocycles. The molecule has 3 rings (SSSR count). The molecule has 0 bridgehead atoms. The highest BCUT2D eigenvalue weighted by Crippen LogP contribution is 2.36. The number of nitrogens with one attached hydrogen (secondary N) is 2. The Morgan fingerprint density at radius 2 is 1.54 bits per heavy atom. The first-order valence-electron chi connectivity index (χ1n) is 7.29. The van der Waals surface area contributed by atoms with Crippen LogP contribution in [-0.2, 0) is 9.59 Å². The molecule has 24 heavy (non-hydrogen) atoms. The maximum Gasteiger partial charge on any atom is 0.248 e. The van der Waals surface area contributed by atoms with Crippen molar-refractivity contribution >= 4 is 23.2 Å². The minimum absolute atomic E-state index is 0.366. The van der Waals surface area contributed by atoms with Gasteiger partial charge in [0, 0.05) is 18.0 Å². The van der Waals surface area contributed by atoms with Gasteiger partial charge in [0.1, 0.15) is 0 Å². The summed E-state index contributed by atoms with van der Waals surface area (Å²) in [5.74, 6) is -0.317. The van der Waals surface area contributed by atoms with Gasteiger partial charge >= 0.3 is 0 Å². The van der Waals surface area contributed by atoms with Gasteiger partial charge in [0.15, 0.2) is 5.82 Å². The Morgan fingerprint density at radius 3 is 2.25 bits per heavy atom. The number of fused-ring (bicyclic) bond motifs is 3. The SMILES string of the molecule is C=CC(=O)NC1=C(NC(=O)C=C)N2C=CC=CN2c2ccccc21. The molecule has 0 radical (unpaired) electrons. The van der Waals surface area contributed by atoms with Crippen LogP contribution in [0.2, 0.25) is 0 Å². The average Bonchev–Trinajstić information content (AvgIpc) is 2.63. The highest BCUT2D eigenvalue weighted by atomic mass is 16.2. The van der Waals surface area contributed by atoms with Crippen molar-refractivity contribution in [2.75, 3.05) is 5.01 Å². The van der Waals surface area contributed by atoms with Crippen LogP contribution in [0.15, 0.2) is 79.9 Å². The van der Waals surface area contributed by atoms with Crippen LogP contribution in [0.25, 0.3) is 5.70 Å². The van der Waals surface area contributed by atoms with E-state index >= 15 is 0 Å². The fraction of sp³-hybridized carbons (Fsp3) is 0. The summed E-state index contributed by atoms with van der Waals surface area (Å²) in [7, 11) is 0. The van der Waals surface area contributed by atoms with Gasteiger partial charge in [-0.1, -0.05) is 31.4 Å². The number of hydrogen-bond donors (Lipinski definition) is 2. The summed E-state index contributed by atoms with van der Waals surface area (Å²) in [5, 5.41) is 9.16. The second-order valence-electron chi connectivity index (χ2n) is 5.00. The van der Waals surface area contributed by atoms with Gasteiger partial charge in [-0.3, -0.25) is 14.6 Å². The molecule has 0 fully saturated rings. The Labute approximate surface area is 139 Å². The number of carbonyl (C=O) groups excluding carboxylic acids is 2. The number of anilines is 1. The zero-order valence-electron chi connectivity index (χ0n) is 12.9. The summed E-state index contributed by atoms with van der Waals surface area (Å²) in [6.07, 6.45) is 9.72. The molecule has 120 valence electrons. The van der Waals surface area contributed by atoms with Crippen molar-refractivity contribution < 1.29 is 9.59 Å². The largest absolute Gasteiger partial charge is 0.319 e. The van der Waals surface area contributed by atoms with Crippen molar-refractivity contribution in [1.82, 2.24) is 15.6 Å². The van der Waals surface area contributed by atoms with Crippen LogP contribution < -0.4 is 15.6 Å². The third-order valence-corrected chi connectivity index (χ3v) is 3.54. The topological polar surface area (TPSA) is 64.7 Å². The van der Waals surface area contributed by atoms with Gasteiger partial charge in [0.25, 0.3) is 0 Å². The van der Waals surface area contributed by atoms with Gasteiger partial charge in [0.05, 0.1) is 11.4 Å². The molecule has 6 nitrogen and oxygen atoms in total. The maximum atomic E-state index is 11.9. The van der Waals surface area contributed by atoms with Crippen molar-refractivity contribution in [1.29, 1.82) is 0 Å². The molecule has 2 aliphatic rings. The lowest BCUT2D eigenvalue weighted by Crippen LogP contribution is -2.47. The number of nitrogens with zero attached hydrogens (tertiary/aromatic N) is 2. The van der Waals surface area contributed by atoms with Gasteiger partial charge in [-0.25, -0.2) is 5.01 Å². The van der Waals surface area contributed by atoms with E-state index in [1.807, 2.05) is 47.6 Å². The van der Waals surface area contributed by atoms with Crippen LogP contribution in [-0.4, -0.2) is 16.8 Å². The Bertz CT molecular complexity index is 820. The average molecular weight is 320 g/mol. The zero-order chi connectivity index (χ0) is 17.1. The fourth-order valence-electron chi connectivity index (χ4n) is 2.50. The molecule has 0 aliphatic carbocycles. The highest BCUT2D eigenvalue weighted by Gasteiger charge is 2.31. The minimum atomic E-state index is -0.377. The minimum Gasteiger partial charge on any atom is -0.319 e. The van der Waals surface area contributed by atoms with Gasteiger partial charge in [-0.05, 0) is 30.4 Å². The Kier molecular flexibility index (Phi) is 4.03. The smallest absolute Gasteiger partial charge is 0.248 e. The van der Waals surface area contributed by atoms with Crippen LogP contribution in [0.3, 0.4) is 0 Å². The van der Waals surface area contributed by atoms with Crippen molar-refractivity contribution in [3.05, 3.63) is 85.5 Å². The first kappa shape index (κ1) is 15.4. The number of benzene rings is 1.